The van der Waals surface area contributed by atoms with Gasteiger partial charge in [-0.25, -0.2) is 19.9 Å². The molecule has 0 fully saturated rings. The van der Waals surface area contributed by atoms with Crippen LogP contribution in [0, 0.1) is 11.3 Å². The van der Waals surface area contributed by atoms with Gasteiger partial charge < -0.3 is 0 Å². The molecule has 1 atom stereocenters. The molecular weight excluding hydrogens is 681 g/mol. The van der Waals surface area contributed by atoms with Crippen LogP contribution in [0.5, 0.6) is 0 Å². The van der Waals surface area contributed by atoms with Crippen molar-refractivity contribution in [3.63, 3.8) is 0 Å². The van der Waals surface area contributed by atoms with Crippen molar-refractivity contribution in [2.45, 2.75) is 53.4 Å². The van der Waals surface area contributed by atoms with Gasteiger partial charge in [-0.1, -0.05) is 157 Å². The van der Waals surface area contributed by atoms with Gasteiger partial charge in [0.25, 0.3) is 0 Å². The number of hydrogen-bond donors (Lipinski definition) is 0. The summed E-state index contributed by atoms with van der Waals surface area (Å²) in [4.78, 5) is 19.4. The van der Waals surface area contributed by atoms with Crippen LogP contribution in [0.15, 0.2) is 152 Å². The fraction of sp³-hybridized carbons (Fsp3) is 0.192. The molecule has 274 valence electrons. The smallest absolute Gasteiger partial charge is 0.159 e. The van der Waals surface area contributed by atoms with Crippen molar-refractivity contribution in [1.29, 1.82) is 0 Å². The number of nitrogens with zero attached hydrogens (tertiary/aromatic N) is 4. The Bertz CT molecular complexity index is 2650. The first-order valence-corrected chi connectivity index (χ1v) is 19.6. The van der Waals surface area contributed by atoms with Crippen LogP contribution in [0.2, 0.25) is 0 Å². The SMILES string of the molecule is CC(C)(C)c1ccc(-c2ncc(-c3ccc4c(c3)-c3ccccc3-c3ccccc3-c3cc(-c5cnc(C6=CCC(C(C)(C)C)C=C6)nc5)ccc3-4)cn2)cc1. The number of rotatable bonds is 4. The minimum Gasteiger partial charge on any atom is -0.236 e. The maximum atomic E-state index is 4.85. The molecule has 0 spiro atoms. The van der Waals surface area contributed by atoms with Gasteiger partial charge in [-0.3, -0.25) is 0 Å². The van der Waals surface area contributed by atoms with Crippen LogP contribution >= 0.6 is 0 Å². The van der Waals surface area contributed by atoms with E-state index in [1.165, 1.54) is 50.1 Å². The van der Waals surface area contributed by atoms with Crippen molar-refractivity contribution in [1.82, 2.24) is 19.9 Å². The van der Waals surface area contributed by atoms with Gasteiger partial charge >= 0.3 is 0 Å². The van der Waals surface area contributed by atoms with E-state index in [0.29, 0.717) is 5.92 Å². The van der Waals surface area contributed by atoms with E-state index in [1.807, 2.05) is 24.8 Å². The molecule has 2 aromatic heterocycles. The van der Waals surface area contributed by atoms with Crippen LogP contribution in [0.4, 0.5) is 0 Å². The van der Waals surface area contributed by atoms with Crippen molar-refractivity contribution >= 4 is 5.57 Å². The standard InChI is InChI=1S/C52H46N4/c1-51(2,3)39-21-15-33(16-22-39)49-53-29-37(30-54-49)35-19-25-45-46-26-20-36(38-31-55-50(56-32-38)34-17-23-40(24-18-34)52(4,5)6)28-48(46)44-14-10-8-12-42(44)41-11-7-9-13-43(41)47(45)27-35/h7-23,25-32,40H,24H2,1-6H3. The van der Waals surface area contributed by atoms with Crippen molar-refractivity contribution in [2.75, 3.05) is 0 Å². The second kappa shape index (κ2) is 13.8. The number of benzene rings is 5. The molecule has 4 heteroatoms. The van der Waals surface area contributed by atoms with Gasteiger partial charge in [-0.2, -0.15) is 0 Å². The van der Waals surface area contributed by atoms with E-state index in [2.05, 4.69) is 169 Å². The number of hydrogen-bond acceptors (Lipinski definition) is 4. The maximum Gasteiger partial charge on any atom is 0.159 e. The maximum absolute atomic E-state index is 4.85. The predicted molar refractivity (Wildman–Crippen MR) is 233 cm³/mol. The van der Waals surface area contributed by atoms with Gasteiger partial charge in [0, 0.05) is 47.1 Å². The monoisotopic (exact) mass is 726 g/mol. The van der Waals surface area contributed by atoms with Gasteiger partial charge in [-0.15, -0.1) is 0 Å². The number of allylic oxidation sites excluding steroid dienone is 4. The molecule has 7 aromatic rings. The Morgan fingerprint density at radius 2 is 0.875 bits per heavy atom. The molecule has 0 aliphatic heterocycles. The summed E-state index contributed by atoms with van der Waals surface area (Å²) in [5.41, 5.74) is 17.4. The number of fused-ring (bicyclic) bond motifs is 8. The zero-order valence-electron chi connectivity index (χ0n) is 33.0. The van der Waals surface area contributed by atoms with E-state index in [1.54, 1.807) is 0 Å². The van der Waals surface area contributed by atoms with Crippen LogP contribution in [-0.4, -0.2) is 19.9 Å². The minimum absolute atomic E-state index is 0.0972. The molecule has 2 aliphatic rings. The van der Waals surface area contributed by atoms with Crippen molar-refractivity contribution < 1.29 is 0 Å². The Balaban J connectivity index is 1.10. The highest BCUT2D eigenvalue weighted by Crippen LogP contribution is 2.49. The zero-order chi connectivity index (χ0) is 38.6. The summed E-state index contributed by atoms with van der Waals surface area (Å²) in [6, 6.07) is 39.7. The summed E-state index contributed by atoms with van der Waals surface area (Å²) in [5.74, 6) is 2.01. The molecule has 56 heavy (non-hydrogen) atoms. The Labute approximate surface area is 330 Å². The van der Waals surface area contributed by atoms with Gasteiger partial charge in [0.05, 0.1) is 0 Å². The highest BCUT2D eigenvalue weighted by molar-refractivity contribution is 6.04. The van der Waals surface area contributed by atoms with E-state index in [4.69, 9.17) is 19.9 Å². The van der Waals surface area contributed by atoms with E-state index in [0.717, 1.165) is 51.5 Å². The van der Waals surface area contributed by atoms with Crippen LogP contribution < -0.4 is 0 Å². The third kappa shape index (κ3) is 6.60. The molecule has 2 heterocycles. The summed E-state index contributed by atoms with van der Waals surface area (Å²) < 4.78 is 0. The highest BCUT2D eigenvalue weighted by atomic mass is 14.9. The Morgan fingerprint density at radius 1 is 0.446 bits per heavy atom. The van der Waals surface area contributed by atoms with Gasteiger partial charge in [0.15, 0.2) is 11.6 Å². The van der Waals surface area contributed by atoms with Gasteiger partial charge in [0.2, 0.25) is 0 Å². The molecule has 1 unspecified atom stereocenters. The third-order valence-corrected chi connectivity index (χ3v) is 11.5. The van der Waals surface area contributed by atoms with E-state index >= 15 is 0 Å². The second-order valence-corrected chi connectivity index (χ2v) is 17.3. The molecule has 2 aliphatic carbocycles. The lowest BCUT2D eigenvalue weighted by Gasteiger charge is -2.29. The molecule has 0 saturated heterocycles. The fourth-order valence-electron chi connectivity index (χ4n) is 8.07. The Hall–Kier alpha value is -6.26. The van der Waals surface area contributed by atoms with E-state index in [-0.39, 0.29) is 10.8 Å². The highest BCUT2D eigenvalue weighted by Gasteiger charge is 2.25. The second-order valence-electron chi connectivity index (χ2n) is 17.3. The average Bonchev–Trinajstić information content (AvgIpc) is 3.22. The summed E-state index contributed by atoms with van der Waals surface area (Å²) >= 11 is 0. The molecule has 9 rings (SSSR count). The first kappa shape index (κ1) is 35.4. The van der Waals surface area contributed by atoms with Gasteiger partial charge in [-0.05, 0) is 96.5 Å². The first-order chi connectivity index (χ1) is 27.0. The van der Waals surface area contributed by atoms with Crippen molar-refractivity contribution in [3.8, 4) is 78.1 Å². The van der Waals surface area contributed by atoms with Crippen LogP contribution in [0.1, 0.15) is 59.4 Å². The van der Waals surface area contributed by atoms with Crippen molar-refractivity contribution in [3.05, 3.63) is 164 Å². The molecular formula is C52H46N4. The summed E-state index contributed by atoms with van der Waals surface area (Å²) in [7, 11) is 0. The summed E-state index contributed by atoms with van der Waals surface area (Å²) in [6.45, 7) is 13.6. The summed E-state index contributed by atoms with van der Waals surface area (Å²) in [6.07, 6.45) is 15.6. The topological polar surface area (TPSA) is 51.6 Å². The largest absolute Gasteiger partial charge is 0.236 e. The fourth-order valence-corrected chi connectivity index (χ4v) is 8.07. The molecule has 0 saturated carbocycles. The van der Waals surface area contributed by atoms with Crippen molar-refractivity contribution in [2.24, 2.45) is 11.3 Å². The Kier molecular flexibility index (Phi) is 8.73. The lowest BCUT2D eigenvalue weighted by atomic mass is 9.76. The minimum atomic E-state index is 0.0972. The molecule has 0 radical (unpaired) electrons. The quantitative estimate of drug-likeness (QED) is 0.181. The molecule has 0 bridgehead atoms. The number of aromatic nitrogens is 4. The van der Waals surface area contributed by atoms with Crippen LogP contribution in [0.3, 0.4) is 0 Å². The van der Waals surface area contributed by atoms with Crippen LogP contribution in [-0.2, 0) is 5.41 Å². The molecule has 4 nitrogen and oxygen atoms in total. The average molecular weight is 727 g/mol. The molecule has 0 N–H and O–H groups in total. The van der Waals surface area contributed by atoms with Gasteiger partial charge in [0.1, 0.15) is 0 Å². The lowest BCUT2D eigenvalue weighted by molar-refractivity contribution is 0.294. The zero-order valence-corrected chi connectivity index (χ0v) is 33.0. The van der Waals surface area contributed by atoms with E-state index in [9.17, 15) is 0 Å². The predicted octanol–water partition coefficient (Wildman–Crippen LogP) is 13.6. The lowest BCUT2D eigenvalue weighted by Crippen LogP contribution is -2.19. The first-order valence-electron chi connectivity index (χ1n) is 19.6. The Morgan fingerprint density at radius 3 is 1.30 bits per heavy atom. The third-order valence-electron chi connectivity index (χ3n) is 11.5. The summed E-state index contributed by atoms with van der Waals surface area (Å²) in [5, 5.41) is 0. The van der Waals surface area contributed by atoms with Crippen LogP contribution in [0.25, 0.3) is 83.7 Å². The normalized spacial score (nSPS) is 14.8. The molecule has 5 aromatic carbocycles. The van der Waals surface area contributed by atoms with E-state index < -0.39 is 0 Å². The molecule has 0 amide bonds.